The second kappa shape index (κ2) is 3.10. The molecule has 0 unspecified atom stereocenters. The van der Waals surface area contributed by atoms with E-state index >= 15 is 0 Å². The van der Waals surface area contributed by atoms with Gasteiger partial charge < -0.3 is 0 Å². The van der Waals surface area contributed by atoms with E-state index in [-0.39, 0.29) is 5.41 Å². The lowest BCUT2D eigenvalue weighted by Crippen LogP contribution is -2.05. The van der Waals surface area contributed by atoms with Crippen molar-refractivity contribution in [3.05, 3.63) is 33.3 Å². The molecule has 0 radical (unpaired) electrons. The van der Waals surface area contributed by atoms with Gasteiger partial charge in [0.05, 0.1) is 11.5 Å². The van der Waals surface area contributed by atoms with Crippen LogP contribution in [0.15, 0.2) is 16.6 Å². The lowest BCUT2D eigenvalue weighted by molar-refractivity contribution is 0.895. The summed E-state index contributed by atoms with van der Waals surface area (Å²) in [5.74, 6) is 0. The van der Waals surface area contributed by atoms with Gasteiger partial charge in [-0.3, -0.25) is 0 Å². The highest BCUT2D eigenvalue weighted by Gasteiger charge is 2.46. The molecule has 0 saturated heterocycles. The molecule has 1 nitrogen and oxygen atoms in total. The lowest BCUT2D eigenvalue weighted by atomic mass is 9.94. The Morgan fingerprint density at radius 3 is 2.50 bits per heavy atom. The fourth-order valence-corrected chi connectivity index (χ4v) is 2.47. The van der Waals surface area contributed by atoms with E-state index in [1.165, 1.54) is 16.7 Å². The third-order valence-electron chi connectivity index (χ3n) is 2.88. The van der Waals surface area contributed by atoms with Crippen LogP contribution in [0.25, 0.3) is 0 Å². The number of hydrogen-bond acceptors (Lipinski definition) is 1. The smallest absolute Gasteiger partial charge is 0.0834 e. The third kappa shape index (κ3) is 1.36. The fourth-order valence-electron chi connectivity index (χ4n) is 1.86. The second-order valence-electron chi connectivity index (χ2n) is 4.14. The molecule has 1 aliphatic rings. The summed E-state index contributed by atoms with van der Waals surface area (Å²) in [4.78, 5) is 0. The van der Waals surface area contributed by atoms with Gasteiger partial charge in [-0.15, -0.1) is 0 Å². The quantitative estimate of drug-likeness (QED) is 0.746. The molecule has 0 aliphatic heterocycles. The van der Waals surface area contributed by atoms with Crippen LogP contribution in [0.4, 0.5) is 0 Å². The standard InChI is InChI=1S/C12H12BrN/c1-8-5-9(2)11(13)10(6-8)12(7-14)3-4-12/h5-6H,3-4H2,1-2H3. The Balaban J connectivity index is 2.59. The van der Waals surface area contributed by atoms with Crippen LogP contribution < -0.4 is 0 Å². The van der Waals surface area contributed by atoms with Gasteiger partial charge in [-0.2, -0.15) is 5.26 Å². The van der Waals surface area contributed by atoms with Crippen molar-refractivity contribution < 1.29 is 0 Å². The molecule has 0 aromatic heterocycles. The van der Waals surface area contributed by atoms with Gasteiger partial charge in [-0.05, 0) is 37.8 Å². The van der Waals surface area contributed by atoms with E-state index in [0.29, 0.717) is 0 Å². The van der Waals surface area contributed by atoms with Crippen molar-refractivity contribution in [2.24, 2.45) is 0 Å². The first-order valence-corrected chi connectivity index (χ1v) is 5.57. The Kier molecular flexibility index (Phi) is 2.16. The van der Waals surface area contributed by atoms with E-state index < -0.39 is 0 Å². The Morgan fingerprint density at radius 1 is 1.36 bits per heavy atom. The van der Waals surface area contributed by atoms with Gasteiger partial charge in [0.15, 0.2) is 0 Å². The molecule has 0 spiro atoms. The molecule has 0 bridgehead atoms. The molecule has 1 saturated carbocycles. The first-order valence-electron chi connectivity index (χ1n) is 4.77. The van der Waals surface area contributed by atoms with E-state index in [1.54, 1.807) is 0 Å². The van der Waals surface area contributed by atoms with E-state index in [0.717, 1.165) is 17.3 Å². The first kappa shape index (κ1) is 9.73. The van der Waals surface area contributed by atoms with E-state index in [1.807, 2.05) is 0 Å². The zero-order valence-electron chi connectivity index (χ0n) is 8.39. The van der Waals surface area contributed by atoms with Crippen LogP contribution in [-0.2, 0) is 5.41 Å². The highest BCUT2D eigenvalue weighted by molar-refractivity contribution is 9.10. The topological polar surface area (TPSA) is 23.8 Å². The molecule has 14 heavy (non-hydrogen) atoms. The predicted molar refractivity (Wildman–Crippen MR) is 60.1 cm³/mol. The maximum absolute atomic E-state index is 9.15. The Hall–Kier alpha value is -0.810. The first-order chi connectivity index (χ1) is 6.59. The minimum absolute atomic E-state index is 0.185. The molecular formula is C12H12BrN. The van der Waals surface area contributed by atoms with Crippen molar-refractivity contribution >= 4 is 15.9 Å². The molecule has 1 fully saturated rings. The number of benzene rings is 1. The maximum Gasteiger partial charge on any atom is 0.0834 e. The summed E-state index contributed by atoms with van der Waals surface area (Å²) in [5.41, 5.74) is 3.46. The summed E-state index contributed by atoms with van der Waals surface area (Å²) < 4.78 is 1.11. The van der Waals surface area contributed by atoms with Crippen LogP contribution in [0.2, 0.25) is 0 Å². The molecule has 72 valence electrons. The average molecular weight is 250 g/mol. The molecule has 0 amide bonds. The zero-order valence-corrected chi connectivity index (χ0v) is 9.98. The van der Waals surface area contributed by atoms with Crippen molar-refractivity contribution in [2.45, 2.75) is 32.1 Å². The highest BCUT2D eigenvalue weighted by Crippen LogP contribution is 2.50. The van der Waals surface area contributed by atoms with Gasteiger partial charge in [0, 0.05) is 4.47 Å². The predicted octanol–water partition coefficient (Wildman–Crippen LogP) is 3.62. The minimum atomic E-state index is -0.185. The Morgan fingerprint density at radius 2 is 2.00 bits per heavy atom. The normalized spacial score (nSPS) is 17.6. The molecule has 2 rings (SSSR count). The molecule has 1 aromatic rings. The summed E-state index contributed by atoms with van der Waals surface area (Å²) in [6.45, 7) is 4.16. The van der Waals surface area contributed by atoms with Crippen molar-refractivity contribution in [1.82, 2.24) is 0 Å². The maximum atomic E-state index is 9.15. The Labute approximate surface area is 92.9 Å². The number of nitrogens with zero attached hydrogens (tertiary/aromatic N) is 1. The number of nitriles is 1. The van der Waals surface area contributed by atoms with Crippen molar-refractivity contribution in [2.75, 3.05) is 0 Å². The largest absolute Gasteiger partial charge is 0.197 e. The number of hydrogen-bond donors (Lipinski definition) is 0. The molecule has 1 aromatic carbocycles. The molecule has 1 aliphatic carbocycles. The zero-order chi connectivity index (χ0) is 10.3. The fraction of sp³-hybridized carbons (Fsp3) is 0.417. The summed E-state index contributed by atoms with van der Waals surface area (Å²) in [6.07, 6.45) is 2.01. The van der Waals surface area contributed by atoms with Crippen LogP contribution in [0, 0.1) is 25.2 Å². The van der Waals surface area contributed by atoms with E-state index in [2.05, 4.69) is 48.0 Å². The van der Waals surface area contributed by atoms with E-state index in [9.17, 15) is 0 Å². The molecule has 2 heteroatoms. The van der Waals surface area contributed by atoms with Crippen molar-refractivity contribution in [1.29, 1.82) is 5.26 Å². The highest BCUT2D eigenvalue weighted by atomic mass is 79.9. The van der Waals surface area contributed by atoms with Gasteiger partial charge in [0.25, 0.3) is 0 Å². The van der Waals surface area contributed by atoms with Crippen molar-refractivity contribution in [3.63, 3.8) is 0 Å². The van der Waals surface area contributed by atoms with Crippen LogP contribution in [0.3, 0.4) is 0 Å². The van der Waals surface area contributed by atoms with Gasteiger partial charge in [-0.25, -0.2) is 0 Å². The van der Waals surface area contributed by atoms with Gasteiger partial charge in [0.1, 0.15) is 0 Å². The number of rotatable bonds is 1. The Bertz CT molecular complexity index is 425. The summed E-state index contributed by atoms with van der Waals surface area (Å²) in [5, 5.41) is 9.15. The van der Waals surface area contributed by atoms with Gasteiger partial charge in [-0.1, -0.05) is 33.6 Å². The number of aryl methyl sites for hydroxylation is 2. The third-order valence-corrected chi connectivity index (χ3v) is 3.93. The molecule has 0 heterocycles. The monoisotopic (exact) mass is 249 g/mol. The SMILES string of the molecule is Cc1cc(C)c(Br)c(C2(C#N)CC2)c1. The molecule has 0 atom stereocenters. The van der Waals surface area contributed by atoms with Gasteiger partial charge >= 0.3 is 0 Å². The summed E-state index contributed by atoms with van der Waals surface area (Å²) in [7, 11) is 0. The van der Waals surface area contributed by atoms with Gasteiger partial charge in [0.2, 0.25) is 0 Å². The lowest BCUT2D eigenvalue weighted by Gasteiger charge is -2.12. The van der Waals surface area contributed by atoms with Crippen molar-refractivity contribution in [3.8, 4) is 6.07 Å². The van der Waals surface area contributed by atoms with Crippen LogP contribution >= 0.6 is 15.9 Å². The second-order valence-corrected chi connectivity index (χ2v) is 4.93. The van der Waals surface area contributed by atoms with Crippen LogP contribution in [0.1, 0.15) is 29.5 Å². The summed E-state index contributed by atoms with van der Waals surface area (Å²) in [6, 6.07) is 6.71. The molecular weight excluding hydrogens is 238 g/mol. The van der Waals surface area contributed by atoms with E-state index in [4.69, 9.17) is 5.26 Å². The van der Waals surface area contributed by atoms with Crippen LogP contribution in [-0.4, -0.2) is 0 Å². The minimum Gasteiger partial charge on any atom is -0.197 e. The van der Waals surface area contributed by atoms with Crippen LogP contribution in [0.5, 0.6) is 0 Å². The number of halogens is 1. The average Bonchev–Trinajstić information content (AvgIpc) is 2.92. The molecule has 0 N–H and O–H groups in total. The summed E-state index contributed by atoms with van der Waals surface area (Å²) >= 11 is 3.58.